The van der Waals surface area contributed by atoms with Gasteiger partial charge in [-0.3, -0.25) is 0 Å². The maximum absolute atomic E-state index is 5.88. The summed E-state index contributed by atoms with van der Waals surface area (Å²) in [7, 11) is 0. The van der Waals surface area contributed by atoms with E-state index in [2.05, 4.69) is 38.2 Å². The monoisotopic (exact) mass is 246 g/mol. The summed E-state index contributed by atoms with van der Waals surface area (Å²) in [5.41, 5.74) is 11.9. The number of hydrogen-bond donors (Lipinski definition) is 2. The summed E-state index contributed by atoms with van der Waals surface area (Å²) in [6.07, 6.45) is 3.94. The number of nitrogens with one attached hydrogen (secondary N) is 1. The van der Waals surface area contributed by atoms with Gasteiger partial charge in [0.1, 0.15) is 0 Å². The Balaban J connectivity index is 1.93. The molecule has 1 fully saturated rings. The molecule has 1 aliphatic rings. The molecule has 2 rings (SSSR count). The maximum atomic E-state index is 5.88. The zero-order valence-electron chi connectivity index (χ0n) is 12.0. The van der Waals surface area contributed by atoms with Gasteiger partial charge in [0.25, 0.3) is 0 Å². The number of aryl methyl sites for hydroxylation is 1. The summed E-state index contributed by atoms with van der Waals surface area (Å²) in [5, 5.41) is 3.60. The van der Waals surface area contributed by atoms with Gasteiger partial charge in [0.15, 0.2) is 0 Å². The fourth-order valence-electron chi connectivity index (χ4n) is 2.80. The molecule has 0 amide bonds. The molecule has 0 saturated heterocycles. The second kappa shape index (κ2) is 5.41. The smallest absolute Gasteiger partial charge is 0.0208 e. The SMILES string of the molecule is Cc1ccc(CNCC2(CN)CCC2)c(C)c1C. The van der Waals surface area contributed by atoms with Crippen molar-refractivity contribution in [2.24, 2.45) is 11.1 Å². The quantitative estimate of drug-likeness (QED) is 0.838. The van der Waals surface area contributed by atoms with Crippen LogP contribution in [0.2, 0.25) is 0 Å². The number of rotatable bonds is 5. The second-order valence-electron chi connectivity index (χ2n) is 5.95. The Morgan fingerprint density at radius 1 is 1.17 bits per heavy atom. The molecule has 0 bridgehead atoms. The van der Waals surface area contributed by atoms with E-state index in [1.54, 1.807) is 0 Å². The highest BCUT2D eigenvalue weighted by Crippen LogP contribution is 2.39. The molecule has 2 nitrogen and oxygen atoms in total. The Hall–Kier alpha value is -0.860. The van der Waals surface area contributed by atoms with Crippen LogP contribution in [0.4, 0.5) is 0 Å². The van der Waals surface area contributed by atoms with Gasteiger partial charge in [0.2, 0.25) is 0 Å². The Bertz CT molecular complexity index is 414. The van der Waals surface area contributed by atoms with Crippen molar-refractivity contribution < 1.29 is 0 Å². The van der Waals surface area contributed by atoms with E-state index >= 15 is 0 Å². The molecular weight excluding hydrogens is 220 g/mol. The van der Waals surface area contributed by atoms with Gasteiger partial charge in [-0.25, -0.2) is 0 Å². The van der Waals surface area contributed by atoms with Crippen molar-refractivity contribution in [3.8, 4) is 0 Å². The average Bonchev–Trinajstić information content (AvgIpc) is 2.32. The topological polar surface area (TPSA) is 38.0 Å². The molecule has 1 aromatic rings. The van der Waals surface area contributed by atoms with Gasteiger partial charge in [-0.05, 0) is 67.8 Å². The van der Waals surface area contributed by atoms with Crippen LogP contribution in [0.25, 0.3) is 0 Å². The van der Waals surface area contributed by atoms with Gasteiger partial charge in [0, 0.05) is 13.1 Å². The van der Waals surface area contributed by atoms with Gasteiger partial charge in [-0.15, -0.1) is 0 Å². The molecule has 0 aliphatic heterocycles. The molecule has 1 saturated carbocycles. The standard InChI is InChI=1S/C16H26N2/c1-12-5-6-15(14(3)13(12)2)9-18-11-16(10-17)7-4-8-16/h5-6,18H,4,7-11,17H2,1-3H3. The van der Waals surface area contributed by atoms with Crippen LogP contribution in [0, 0.1) is 26.2 Å². The fourth-order valence-corrected chi connectivity index (χ4v) is 2.80. The average molecular weight is 246 g/mol. The van der Waals surface area contributed by atoms with Crippen LogP contribution < -0.4 is 11.1 Å². The summed E-state index contributed by atoms with van der Waals surface area (Å²) in [6.45, 7) is 9.47. The largest absolute Gasteiger partial charge is 0.330 e. The van der Waals surface area contributed by atoms with Crippen molar-refractivity contribution in [2.75, 3.05) is 13.1 Å². The molecule has 1 aliphatic carbocycles. The first kappa shape index (κ1) is 13.6. The molecule has 3 N–H and O–H groups in total. The fraction of sp³-hybridized carbons (Fsp3) is 0.625. The summed E-state index contributed by atoms with van der Waals surface area (Å²) in [6, 6.07) is 4.47. The third-order valence-corrected chi connectivity index (χ3v) is 4.83. The first-order valence-electron chi connectivity index (χ1n) is 7.04. The third kappa shape index (κ3) is 2.60. The zero-order valence-corrected chi connectivity index (χ0v) is 12.0. The summed E-state index contributed by atoms with van der Waals surface area (Å²) < 4.78 is 0. The highest BCUT2D eigenvalue weighted by molar-refractivity contribution is 5.38. The van der Waals surface area contributed by atoms with Gasteiger partial charge in [-0.2, -0.15) is 0 Å². The number of hydrogen-bond acceptors (Lipinski definition) is 2. The van der Waals surface area contributed by atoms with Gasteiger partial charge in [0.05, 0.1) is 0 Å². The Kier molecular flexibility index (Phi) is 4.08. The highest BCUT2D eigenvalue weighted by Gasteiger charge is 2.34. The van der Waals surface area contributed by atoms with Crippen molar-refractivity contribution in [3.63, 3.8) is 0 Å². The van der Waals surface area contributed by atoms with E-state index in [1.165, 1.54) is 41.5 Å². The van der Waals surface area contributed by atoms with E-state index in [0.717, 1.165) is 19.6 Å². The van der Waals surface area contributed by atoms with Crippen molar-refractivity contribution in [2.45, 2.75) is 46.6 Å². The van der Waals surface area contributed by atoms with Crippen LogP contribution in [-0.2, 0) is 6.54 Å². The predicted molar refractivity (Wildman–Crippen MR) is 77.7 cm³/mol. The minimum Gasteiger partial charge on any atom is -0.330 e. The minimum atomic E-state index is 0.396. The molecule has 0 unspecified atom stereocenters. The second-order valence-corrected chi connectivity index (χ2v) is 5.95. The molecule has 2 heteroatoms. The molecular formula is C16H26N2. The van der Waals surface area contributed by atoms with Crippen molar-refractivity contribution in [1.29, 1.82) is 0 Å². The lowest BCUT2D eigenvalue weighted by molar-refractivity contribution is 0.140. The third-order valence-electron chi connectivity index (χ3n) is 4.83. The van der Waals surface area contributed by atoms with Gasteiger partial charge >= 0.3 is 0 Å². The van der Waals surface area contributed by atoms with Crippen LogP contribution in [-0.4, -0.2) is 13.1 Å². The molecule has 0 radical (unpaired) electrons. The first-order valence-corrected chi connectivity index (χ1v) is 7.04. The van der Waals surface area contributed by atoms with E-state index in [4.69, 9.17) is 5.73 Å². The van der Waals surface area contributed by atoms with Crippen LogP contribution in [0.1, 0.15) is 41.5 Å². The minimum absolute atomic E-state index is 0.396. The van der Waals surface area contributed by atoms with Crippen molar-refractivity contribution in [3.05, 3.63) is 34.4 Å². The zero-order chi connectivity index (χ0) is 13.2. The molecule has 0 heterocycles. The lowest BCUT2D eigenvalue weighted by atomic mass is 9.69. The maximum Gasteiger partial charge on any atom is 0.0208 e. The Morgan fingerprint density at radius 3 is 2.44 bits per heavy atom. The predicted octanol–water partition coefficient (Wildman–Crippen LogP) is 2.83. The Labute approximate surface area is 111 Å². The molecule has 100 valence electrons. The van der Waals surface area contributed by atoms with Crippen LogP contribution in [0.5, 0.6) is 0 Å². The van der Waals surface area contributed by atoms with Crippen LogP contribution in [0.3, 0.4) is 0 Å². The first-order chi connectivity index (χ1) is 8.58. The van der Waals surface area contributed by atoms with E-state index in [9.17, 15) is 0 Å². The van der Waals surface area contributed by atoms with Crippen LogP contribution in [0.15, 0.2) is 12.1 Å². The normalized spacial score (nSPS) is 17.6. The summed E-state index contributed by atoms with van der Waals surface area (Å²) >= 11 is 0. The molecule has 18 heavy (non-hydrogen) atoms. The number of benzene rings is 1. The number of nitrogens with two attached hydrogens (primary N) is 1. The van der Waals surface area contributed by atoms with Crippen molar-refractivity contribution >= 4 is 0 Å². The van der Waals surface area contributed by atoms with Gasteiger partial charge in [-0.1, -0.05) is 18.6 Å². The van der Waals surface area contributed by atoms with E-state index in [0.29, 0.717) is 5.41 Å². The molecule has 1 aromatic carbocycles. The Morgan fingerprint density at radius 2 is 1.89 bits per heavy atom. The lowest BCUT2D eigenvalue weighted by Gasteiger charge is -2.41. The van der Waals surface area contributed by atoms with E-state index < -0.39 is 0 Å². The van der Waals surface area contributed by atoms with Gasteiger partial charge < -0.3 is 11.1 Å². The van der Waals surface area contributed by atoms with Crippen LogP contribution >= 0.6 is 0 Å². The van der Waals surface area contributed by atoms with Crippen molar-refractivity contribution in [1.82, 2.24) is 5.32 Å². The summed E-state index contributed by atoms with van der Waals surface area (Å²) in [4.78, 5) is 0. The molecule has 0 aromatic heterocycles. The lowest BCUT2D eigenvalue weighted by Crippen LogP contribution is -2.45. The molecule has 0 atom stereocenters. The highest BCUT2D eigenvalue weighted by atomic mass is 14.9. The van der Waals surface area contributed by atoms with E-state index in [1.807, 2.05) is 0 Å². The summed E-state index contributed by atoms with van der Waals surface area (Å²) in [5.74, 6) is 0. The molecule has 0 spiro atoms. The van der Waals surface area contributed by atoms with E-state index in [-0.39, 0.29) is 0 Å².